The molecule has 0 radical (unpaired) electrons. The topological polar surface area (TPSA) is 79.6 Å². The molecule has 3 aromatic heterocycles. The molecule has 0 spiro atoms. The van der Waals surface area contributed by atoms with Gasteiger partial charge in [-0.25, -0.2) is 4.98 Å². The summed E-state index contributed by atoms with van der Waals surface area (Å²) in [5.74, 6) is 0.806. The van der Waals surface area contributed by atoms with E-state index in [1.807, 2.05) is 27.7 Å². The molecule has 0 amide bonds. The molecule has 112 valence electrons. The molecule has 3 aromatic rings. The third kappa shape index (κ3) is 2.19. The van der Waals surface area contributed by atoms with Crippen LogP contribution in [0.25, 0.3) is 22.2 Å². The number of aryl methyl sites for hydroxylation is 2. The fourth-order valence-electron chi connectivity index (χ4n) is 2.92. The number of H-pyrrole nitrogens is 1. The maximum atomic E-state index is 10.3. The standard InChI is InChI=1S/C13H15N5O.C2H6/c1-7-14-11-10-9(16-17-11)5-8-3-4-13(2,19)6-18(8)12(10)15-7;1-2/h5,19H,3-4,6H2,1-2H3,(H,14,15,16,17);1-2H3. The van der Waals surface area contributed by atoms with Crippen LogP contribution in [0.15, 0.2) is 6.07 Å². The van der Waals surface area contributed by atoms with Crippen LogP contribution in [0.2, 0.25) is 0 Å². The number of aromatic nitrogens is 5. The second kappa shape index (κ2) is 4.80. The van der Waals surface area contributed by atoms with E-state index in [2.05, 4.69) is 30.8 Å². The zero-order valence-electron chi connectivity index (χ0n) is 12.9. The molecule has 0 fully saturated rings. The van der Waals surface area contributed by atoms with Crippen molar-refractivity contribution < 1.29 is 5.11 Å². The van der Waals surface area contributed by atoms with Crippen LogP contribution < -0.4 is 0 Å². The fraction of sp³-hybridized carbons (Fsp3) is 0.533. The average Bonchev–Trinajstić information content (AvgIpc) is 2.85. The lowest BCUT2D eigenvalue weighted by Gasteiger charge is -2.32. The van der Waals surface area contributed by atoms with Crippen LogP contribution in [-0.4, -0.2) is 35.4 Å². The fourth-order valence-corrected chi connectivity index (χ4v) is 2.92. The lowest BCUT2D eigenvalue weighted by molar-refractivity contribution is 0.0233. The van der Waals surface area contributed by atoms with Gasteiger partial charge in [0.15, 0.2) is 5.65 Å². The van der Waals surface area contributed by atoms with Gasteiger partial charge in [0.1, 0.15) is 17.0 Å². The van der Waals surface area contributed by atoms with Gasteiger partial charge in [-0.1, -0.05) is 13.8 Å². The van der Waals surface area contributed by atoms with Gasteiger partial charge in [0.2, 0.25) is 0 Å². The van der Waals surface area contributed by atoms with E-state index >= 15 is 0 Å². The summed E-state index contributed by atoms with van der Waals surface area (Å²) in [4.78, 5) is 7.72. The van der Waals surface area contributed by atoms with E-state index in [9.17, 15) is 5.11 Å². The highest BCUT2D eigenvalue weighted by molar-refractivity contribution is 6.02. The summed E-state index contributed by atoms with van der Waals surface area (Å²) in [5.41, 5.74) is 2.99. The van der Waals surface area contributed by atoms with Crippen molar-refractivity contribution >= 4 is 22.2 Å². The molecule has 0 saturated carbocycles. The van der Waals surface area contributed by atoms with Crippen molar-refractivity contribution in [1.29, 1.82) is 0 Å². The Balaban J connectivity index is 0.000000636. The molecular formula is C15H21N5O. The molecule has 0 aliphatic carbocycles. The molecule has 1 atom stereocenters. The summed E-state index contributed by atoms with van der Waals surface area (Å²) >= 11 is 0. The van der Waals surface area contributed by atoms with Crippen LogP contribution in [0.1, 0.15) is 38.7 Å². The summed E-state index contributed by atoms with van der Waals surface area (Å²) in [5, 5.41) is 19.6. The molecular weight excluding hydrogens is 266 g/mol. The predicted octanol–water partition coefficient (Wildman–Crippen LogP) is 2.34. The van der Waals surface area contributed by atoms with Crippen LogP contribution in [0, 0.1) is 6.92 Å². The van der Waals surface area contributed by atoms with E-state index in [0.717, 1.165) is 40.9 Å². The van der Waals surface area contributed by atoms with E-state index in [1.54, 1.807) is 0 Å². The first-order valence-electron chi connectivity index (χ1n) is 7.47. The average molecular weight is 287 g/mol. The molecule has 6 heteroatoms. The molecule has 1 unspecified atom stereocenters. The van der Waals surface area contributed by atoms with Gasteiger partial charge in [-0.2, -0.15) is 0 Å². The number of rotatable bonds is 0. The molecule has 2 N–H and O–H groups in total. The monoisotopic (exact) mass is 287 g/mol. The zero-order chi connectivity index (χ0) is 15.2. The number of hydrogen-bond acceptors (Lipinski definition) is 4. The van der Waals surface area contributed by atoms with Gasteiger partial charge < -0.3 is 14.7 Å². The Kier molecular flexibility index (Phi) is 3.20. The largest absolute Gasteiger partial charge is 0.388 e. The summed E-state index contributed by atoms with van der Waals surface area (Å²) in [6.07, 6.45) is 1.60. The van der Waals surface area contributed by atoms with E-state index in [-0.39, 0.29) is 0 Å². The molecule has 21 heavy (non-hydrogen) atoms. The minimum absolute atomic E-state index is 0.564. The summed E-state index contributed by atoms with van der Waals surface area (Å²) in [7, 11) is 0. The maximum Gasteiger partial charge on any atom is 0.167 e. The first-order chi connectivity index (χ1) is 10.0. The van der Waals surface area contributed by atoms with Crippen molar-refractivity contribution in [3.8, 4) is 0 Å². The van der Waals surface area contributed by atoms with Crippen LogP contribution in [-0.2, 0) is 13.0 Å². The molecule has 1 aliphatic heterocycles. The van der Waals surface area contributed by atoms with Crippen molar-refractivity contribution in [1.82, 2.24) is 24.7 Å². The third-order valence-corrected chi connectivity index (χ3v) is 3.87. The molecule has 4 rings (SSSR count). The highest BCUT2D eigenvalue weighted by Gasteiger charge is 2.29. The van der Waals surface area contributed by atoms with Crippen molar-refractivity contribution in [2.45, 2.75) is 52.7 Å². The number of hydrogen-bond donors (Lipinski definition) is 2. The van der Waals surface area contributed by atoms with Crippen LogP contribution in [0.3, 0.4) is 0 Å². The Morgan fingerprint density at radius 3 is 2.86 bits per heavy atom. The maximum absolute atomic E-state index is 10.3. The predicted molar refractivity (Wildman–Crippen MR) is 82.2 cm³/mol. The van der Waals surface area contributed by atoms with Gasteiger partial charge in [0.25, 0.3) is 0 Å². The van der Waals surface area contributed by atoms with Gasteiger partial charge in [-0.15, -0.1) is 10.2 Å². The smallest absolute Gasteiger partial charge is 0.167 e. The Bertz CT molecular complexity index is 799. The van der Waals surface area contributed by atoms with Gasteiger partial charge in [0, 0.05) is 5.69 Å². The quantitative estimate of drug-likeness (QED) is 0.665. The van der Waals surface area contributed by atoms with Crippen molar-refractivity contribution in [2.24, 2.45) is 0 Å². The molecule has 0 aromatic carbocycles. The van der Waals surface area contributed by atoms with E-state index in [0.29, 0.717) is 6.54 Å². The Morgan fingerprint density at radius 1 is 1.33 bits per heavy atom. The van der Waals surface area contributed by atoms with Gasteiger partial charge in [-0.05, 0) is 32.8 Å². The second-order valence-corrected chi connectivity index (χ2v) is 5.67. The molecule has 0 saturated heterocycles. The Morgan fingerprint density at radius 2 is 2.10 bits per heavy atom. The van der Waals surface area contributed by atoms with Gasteiger partial charge in [-0.3, -0.25) is 0 Å². The minimum Gasteiger partial charge on any atom is -0.388 e. The number of nitrogens with zero attached hydrogens (tertiary/aromatic N) is 4. The van der Waals surface area contributed by atoms with Gasteiger partial charge in [0.05, 0.1) is 17.5 Å². The number of pyridine rings is 1. The first-order valence-corrected chi connectivity index (χ1v) is 7.47. The Labute approximate surface area is 123 Å². The Hall–Kier alpha value is -1.95. The summed E-state index contributed by atoms with van der Waals surface area (Å²) in [6.45, 7) is 8.35. The van der Waals surface area contributed by atoms with E-state index < -0.39 is 5.60 Å². The SMILES string of the molecule is CC.Cc1nc2c3c(cc4n2CC(C)(O)CC4)nnc3[nH]1. The van der Waals surface area contributed by atoms with Crippen molar-refractivity contribution in [2.75, 3.05) is 0 Å². The third-order valence-electron chi connectivity index (χ3n) is 3.87. The molecule has 0 bridgehead atoms. The molecule has 1 aliphatic rings. The van der Waals surface area contributed by atoms with Crippen molar-refractivity contribution in [3.63, 3.8) is 0 Å². The van der Waals surface area contributed by atoms with Gasteiger partial charge >= 0.3 is 0 Å². The molecule has 4 heterocycles. The van der Waals surface area contributed by atoms with Crippen LogP contribution in [0.4, 0.5) is 0 Å². The highest BCUT2D eigenvalue weighted by atomic mass is 16.3. The minimum atomic E-state index is -0.677. The van der Waals surface area contributed by atoms with E-state index in [1.165, 1.54) is 5.69 Å². The first kappa shape index (κ1) is 14.0. The van der Waals surface area contributed by atoms with Crippen molar-refractivity contribution in [3.05, 3.63) is 17.6 Å². The lowest BCUT2D eigenvalue weighted by atomic mass is 9.94. The van der Waals surface area contributed by atoms with Crippen LogP contribution in [0.5, 0.6) is 0 Å². The lowest BCUT2D eigenvalue weighted by Crippen LogP contribution is -2.36. The number of aliphatic hydroxyl groups is 1. The summed E-state index contributed by atoms with van der Waals surface area (Å²) < 4.78 is 2.10. The van der Waals surface area contributed by atoms with Crippen LogP contribution >= 0.6 is 0 Å². The second-order valence-electron chi connectivity index (χ2n) is 5.67. The highest BCUT2D eigenvalue weighted by Crippen LogP contribution is 2.30. The number of fused-ring (bicyclic) bond motifs is 2. The molecule has 6 nitrogen and oxygen atoms in total. The number of nitrogens with one attached hydrogen (secondary N) is 1. The number of aromatic amines is 1. The normalized spacial score (nSPS) is 21.2. The van der Waals surface area contributed by atoms with E-state index in [4.69, 9.17) is 0 Å². The summed E-state index contributed by atoms with van der Waals surface area (Å²) in [6, 6.07) is 2.06. The zero-order valence-corrected chi connectivity index (χ0v) is 12.9.